The van der Waals surface area contributed by atoms with Crippen LogP contribution in [0.1, 0.15) is 30.4 Å². The van der Waals surface area contributed by atoms with Crippen LogP contribution in [0, 0.1) is 0 Å². The van der Waals surface area contributed by atoms with Gasteiger partial charge >= 0.3 is 0 Å². The summed E-state index contributed by atoms with van der Waals surface area (Å²) in [5.41, 5.74) is 3.40. The fourth-order valence-corrected chi connectivity index (χ4v) is 3.44. The van der Waals surface area contributed by atoms with Crippen molar-refractivity contribution < 1.29 is 4.84 Å². The van der Waals surface area contributed by atoms with E-state index in [0.717, 1.165) is 50.2 Å². The van der Waals surface area contributed by atoms with Crippen molar-refractivity contribution in [2.45, 2.75) is 31.4 Å². The first-order valence-corrected chi connectivity index (χ1v) is 8.25. The summed E-state index contributed by atoms with van der Waals surface area (Å²) in [5.74, 6) is 0. The summed E-state index contributed by atoms with van der Waals surface area (Å²) in [7, 11) is 0. The van der Waals surface area contributed by atoms with Crippen LogP contribution < -0.4 is 0 Å². The van der Waals surface area contributed by atoms with Gasteiger partial charge in [-0.15, -0.1) is 0 Å². The number of oxime groups is 1. The highest BCUT2D eigenvalue weighted by molar-refractivity contribution is 6.01. The van der Waals surface area contributed by atoms with E-state index in [-0.39, 0.29) is 5.60 Å². The molecule has 23 heavy (non-hydrogen) atoms. The summed E-state index contributed by atoms with van der Waals surface area (Å²) in [6, 6.07) is 14.7. The highest BCUT2D eigenvalue weighted by Crippen LogP contribution is 2.36. The van der Waals surface area contributed by atoms with Gasteiger partial charge < -0.3 is 4.84 Å². The number of piperidine rings is 1. The van der Waals surface area contributed by atoms with Gasteiger partial charge in [0.1, 0.15) is 5.60 Å². The Bertz CT molecular complexity index is 676. The normalized spacial score (nSPS) is 20.3. The van der Waals surface area contributed by atoms with Crippen molar-refractivity contribution in [1.29, 1.82) is 0 Å². The molecule has 0 N–H and O–H groups in total. The van der Waals surface area contributed by atoms with Crippen molar-refractivity contribution in [3.8, 4) is 0 Å². The lowest BCUT2D eigenvalue weighted by Gasteiger charge is -2.37. The Hall–Kier alpha value is -2.20. The van der Waals surface area contributed by atoms with Crippen LogP contribution >= 0.6 is 0 Å². The first-order valence-electron chi connectivity index (χ1n) is 8.25. The molecule has 2 aliphatic rings. The minimum Gasteiger partial charge on any atom is -0.388 e. The zero-order valence-corrected chi connectivity index (χ0v) is 13.2. The molecule has 2 aromatic rings. The first-order chi connectivity index (χ1) is 11.3. The molecule has 1 aromatic heterocycles. The molecular weight excluding hydrogens is 286 g/mol. The average Bonchev–Trinajstić information content (AvgIpc) is 3.03. The van der Waals surface area contributed by atoms with E-state index in [4.69, 9.17) is 4.84 Å². The van der Waals surface area contributed by atoms with E-state index in [2.05, 4.69) is 51.4 Å². The maximum atomic E-state index is 5.88. The minimum atomic E-state index is -0.0988. The second-order valence-corrected chi connectivity index (χ2v) is 6.49. The van der Waals surface area contributed by atoms with Gasteiger partial charge in [-0.3, -0.25) is 9.88 Å². The smallest absolute Gasteiger partial charge is 0.145 e. The maximum Gasteiger partial charge on any atom is 0.145 e. The molecule has 4 rings (SSSR count). The SMILES string of the molecule is c1ccc(CN2CCC3(CC2)CC(c2cccnc2)=NO3)cc1. The largest absolute Gasteiger partial charge is 0.388 e. The molecule has 0 unspecified atom stereocenters. The van der Waals surface area contributed by atoms with Gasteiger partial charge in [0.15, 0.2) is 0 Å². The van der Waals surface area contributed by atoms with Gasteiger partial charge in [0.25, 0.3) is 0 Å². The molecular formula is C19H21N3O. The highest BCUT2D eigenvalue weighted by atomic mass is 16.7. The second kappa shape index (κ2) is 6.13. The number of hydrogen-bond acceptors (Lipinski definition) is 4. The standard InChI is InChI=1S/C19H21N3O/c1-2-5-16(6-3-1)15-22-11-8-19(9-12-22)13-18(21-23-19)17-7-4-10-20-14-17/h1-7,10,14H,8-9,11-13,15H2. The summed E-state index contributed by atoms with van der Waals surface area (Å²) in [5, 5.41) is 4.35. The van der Waals surface area contributed by atoms with Gasteiger partial charge in [0.05, 0.1) is 5.71 Å². The molecule has 118 valence electrons. The van der Waals surface area contributed by atoms with Gasteiger partial charge in [-0.25, -0.2) is 0 Å². The van der Waals surface area contributed by atoms with E-state index in [9.17, 15) is 0 Å². The molecule has 0 atom stereocenters. The van der Waals surface area contributed by atoms with Crippen molar-refractivity contribution in [2.24, 2.45) is 5.16 Å². The Labute approximate surface area is 136 Å². The van der Waals surface area contributed by atoms with E-state index >= 15 is 0 Å². The monoisotopic (exact) mass is 307 g/mol. The molecule has 1 fully saturated rings. The van der Waals surface area contributed by atoms with E-state index in [0.29, 0.717) is 0 Å². The Morgan fingerprint density at radius 2 is 1.87 bits per heavy atom. The predicted octanol–water partition coefficient (Wildman–Crippen LogP) is 3.24. The zero-order valence-electron chi connectivity index (χ0n) is 13.2. The van der Waals surface area contributed by atoms with E-state index in [1.165, 1.54) is 5.56 Å². The quantitative estimate of drug-likeness (QED) is 0.873. The average molecular weight is 307 g/mol. The van der Waals surface area contributed by atoms with Gasteiger partial charge in [-0.2, -0.15) is 0 Å². The van der Waals surface area contributed by atoms with Crippen LogP contribution in [0.25, 0.3) is 0 Å². The lowest BCUT2D eigenvalue weighted by molar-refractivity contribution is -0.0627. The highest BCUT2D eigenvalue weighted by Gasteiger charge is 2.42. The third-order valence-electron chi connectivity index (χ3n) is 4.85. The Morgan fingerprint density at radius 1 is 1.04 bits per heavy atom. The number of pyridine rings is 1. The lowest BCUT2D eigenvalue weighted by Crippen LogP contribution is -2.44. The van der Waals surface area contributed by atoms with Crippen molar-refractivity contribution >= 4 is 5.71 Å². The molecule has 0 bridgehead atoms. The van der Waals surface area contributed by atoms with Crippen LogP contribution in [0.2, 0.25) is 0 Å². The summed E-state index contributed by atoms with van der Waals surface area (Å²) in [4.78, 5) is 12.6. The summed E-state index contributed by atoms with van der Waals surface area (Å²) in [6.45, 7) is 3.14. The summed E-state index contributed by atoms with van der Waals surface area (Å²) in [6.07, 6.45) is 6.63. The van der Waals surface area contributed by atoms with Crippen molar-refractivity contribution in [3.63, 3.8) is 0 Å². The Balaban J connectivity index is 1.35. The van der Waals surface area contributed by atoms with Gasteiger partial charge in [-0.1, -0.05) is 35.5 Å². The number of aromatic nitrogens is 1. The van der Waals surface area contributed by atoms with Gasteiger partial charge in [0.2, 0.25) is 0 Å². The van der Waals surface area contributed by atoms with Crippen molar-refractivity contribution in [2.75, 3.05) is 13.1 Å². The number of likely N-dealkylation sites (tertiary alicyclic amines) is 1. The van der Waals surface area contributed by atoms with Crippen LogP contribution in [-0.2, 0) is 11.4 Å². The molecule has 1 aromatic carbocycles. The van der Waals surface area contributed by atoms with Crippen LogP contribution in [-0.4, -0.2) is 34.3 Å². The van der Waals surface area contributed by atoms with E-state index in [1.54, 1.807) is 6.20 Å². The number of benzene rings is 1. The van der Waals surface area contributed by atoms with Gasteiger partial charge in [-0.05, 0) is 17.7 Å². The minimum absolute atomic E-state index is 0.0988. The third-order valence-corrected chi connectivity index (χ3v) is 4.85. The molecule has 0 radical (unpaired) electrons. The molecule has 1 spiro atoms. The van der Waals surface area contributed by atoms with E-state index in [1.807, 2.05) is 12.3 Å². The van der Waals surface area contributed by atoms with E-state index < -0.39 is 0 Å². The number of hydrogen-bond donors (Lipinski definition) is 0. The fraction of sp³-hybridized carbons (Fsp3) is 0.368. The molecule has 3 heterocycles. The van der Waals surface area contributed by atoms with Crippen LogP contribution in [0.15, 0.2) is 60.0 Å². The fourth-order valence-electron chi connectivity index (χ4n) is 3.44. The third kappa shape index (κ3) is 3.13. The molecule has 0 aliphatic carbocycles. The van der Waals surface area contributed by atoms with Crippen LogP contribution in [0.4, 0.5) is 0 Å². The molecule has 4 heteroatoms. The first kappa shape index (κ1) is 14.4. The maximum absolute atomic E-state index is 5.88. The predicted molar refractivity (Wildman–Crippen MR) is 90.2 cm³/mol. The molecule has 4 nitrogen and oxygen atoms in total. The molecule has 0 saturated carbocycles. The van der Waals surface area contributed by atoms with Crippen molar-refractivity contribution in [1.82, 2.24) is 9.88 Å². The molecule has 0 amide bonds. The van der Waals surface area contributed by atoms with Crippen LogP contribution in [0.5, 0.6) is 0 Å². The number of rotatable bonds is 3. The topological polar surface area (TPSA) is 37.7 Å². The summed E-state index contributed by atoms with van der Waals surface area (Å²) >= 11 is 0. The van der Waals surface area contributed by atoms with Gasteiger partial charge in [0, 0.05) is 56.9 Å². The summed E-state index contributed by atoms with van der Waals surface area (Å²) < 4.78 is 0. The second-order valence-electron chi connectivity index (χ2n) is 6.49. The molecule has 2 aliphatic heterocycles. The Morgan fingerprint density at radius 3 is 2.61 bits per heavy atom. The molecule has 1 saturated heterocycles. The van der Waals surface area contributed by atoms with Crippen molar-refractivity contribution in [3.05, 3.63) is 66.0 Å². The Kier molecular flexibility index (Phi) is 3.83. The number of nitrogens with zero attached hydrogens (tertiary/aromatic N) is 3. The lowest BCUT2D eigenvalue weighted by atomic mass is 9.85. The zero-order chi connectivity index (χ0) is 15.5. The van der Waals surface area contributed by atoms with Crippen LogP contribution in [0.3, 0.4) is 0 Å².